The van der Waals surface area contributed by atoms with E-state index in [9.17, 15) is 4.79 Å². The Morgan fingerprint density at radius 2 is 2.35 bits per heavy atom. The quantitative estimate of drug-likeness (QED) is 0.803. The Labute approximate surface area is 118 Å². The normalized spacial score (nSPS) is 22.1. The molecule has 2 atom stereocenters. The predicted molar refractivity (Wildman–Crippen MR) is 79.6 cm³/mol. The summed E-state index contributed by atoms with van der Waals surface area (Å²) in [5.74, 6) is 1.43. The van der Waals surface area contributed by atoms with Crippen molar-refractivity contribution in [2.24, 2.45) is 11.8 Å². The van der Waals surface area contributed by atoms with Crippen LogP contribution in [0.5, 0.6) is 0 Å². The molecule has 106 valence electrons. The van der Waals surface area contributed by atoms with Crippen LogP contribution in [0.4, 0.5) is 10.5 Å². The maximum atomic E-state index is 11.9. The number of nitrogens with one attached hydrogen (secondary N) is 3. The fourth-order valence-electron chi connectivity index (χ4n) is 2.94. The molecular formula is C15H20N4O. The maximum Gasteiger partial charge on any atom is 0.319 e. The maximum absolute atomic E-state index is 11.9. The summed E-state index contributed by atoms with van der Waals surface area (Å²) >= 11 is 0. The number of hydrogen-bond acceptors (Lipinski definition) is 2. The number of H-pyrrole nitrogens is 1. The Kier molecular flexibility index (Phi) is 3.58. The molecule has 2 aromatic rings. The monoisotopic (exact) mass is 272 g/mol. The Bertz CT molecular complexity index is 607. The zero-order chi connectivity index (χ0) is 13.9. The number of anilines is 1. The van der Waals surface area contributed by atoms with Gasteiger partial charge in [0.25, 0.3) is 0 Å². The van der Waals surface area contributed by atoms with E-state index in [4.69, 9.17) is 0 Å². The molecule has 2 unspecified atom stereocenters. The molecule has 5 heteroatoms. The first-order valence-corrected chi connectivity index (χ1v) is 7.18. The minimum absolute atomic E-state index is 0.132. The molecule has 0 bridgehead atoms. The van der Waals surface area contributed by atoms with Crippen molar-refractivity contribution in [1.82, 2.24) is 15.5 Å². The second-order valence-electron chi connectivity index (χ2n) is 5.79. The third-order valence-corrected chi connectivity index (χ3v) is 4.05. The highest BCUT2D eigenvalue weighted by molar-refractivity contribution is 5.92. The van der Waals surface area contributed by atoms with E-state index in [1.807, 2.05) is 18.2 Å². The van der Waals surface area contributed by atoms with E-state index in [0.717, 1.165) is 29.1 Å². The second-order valence-corrected chi connectivity index (χ2v) is 5.79. The molecule has 5 nitrogen and oxygen atoms in total. The van der Waals surface area contributed by atoms with Gasteiger partial charge in [0.15, 0.2) is 0 Å². The summed E-state index contributed by atoms with van der Waals surface area (Å²) in [6.07, 6.45) is 5.48. The molecular weight excluding hydrogens is 252 g/mol. The van der Waals surface area contributed by atoms with Crippen LogP contribution in [0.15, 0.2) is 24.4 Å². The van der Waals surface area contributed by atoms with E-state index in [1.165, 1.54) is 19.3 Å². The third kappa shape index (κ3) is 2.92. The van der Waals surface area contributed by atoms with Gasteiger partial charge in [-0.15, -0.1) is 0 Å². The van der Waals surface area contributed by atoms with Crippen molar-refractivity contribution in [2.45, 2.75) is 26.2 Å². The molecule has 1 aliphatic carbocycles. The molecule has 1 aliphatic rings. The van der Waals surface area contributed by atoms with Crippen molar-refractivity contribution < 1.29 is 4.79 Å². The van der Waals surface area contributed by atoms with Gasteiger partial charge in [-0.25, -0.2) is 4.79 Å². The van der Waals surface area contributed by atoms with Gasteiger partial charge in [-0.05, 0) is 42.9 Å². The van der Waals surface area contributed by atoms with Gasteiger partial charge in [-0.3, -0.25) is 5.10 Å². The zero-order valence-electron chi connectivity index (χ0n) is 11.6. The molecule has 1 aromatic carbocycles. The van der Waals surface area contributed by atoms with Crippen molar-refractivity contribution in [3.8, 4) is 0 Å². The fraction of sp³-hybridized carbons (Fsp3) is 0.467. The molecule has 1 aromatic heterocycles. The number of aromatic amines is 1. The highest BCUT2D eigenvalue weighted by Crippen LogP contribution is 2.29. The highest BCUT2D eigenvalue weighted by atomic mass is 16.2. The van der Waals surface area contributed by atoms with Gasteiger partial charge in [0.05, 0.1) is 11.7 Å². The number of urea groups is 1. The van der Waals surface area contributed by atoms with Crippen LogP contribution in [0.25, 0.3) is 10.9 Å². The van der Waals surface area contributed by atoms with Crippen molar-refractivity contribution >= 4 is 22.6 Å². The molecule has 3 rings (SSSR count). The molecule has 0 saturated heterocycles. The molecule has 0 spiro atoms. The summed E-state index contributed by atoms with van der Waals surface area (Å²) in [7, 11) is 0. The predicted octanol–water partition coefficient (Wildman–Crippen LogP) is 3.12. The molecule has 20 heavy (non-hydrogen) atoms. The number of aromatic nitrogens is 2. The number of carbonyl (C=O) groups is 1. The number of rotatable bonds is 3. The van der Waals surface area contributed by atoms with E-state index in [-0.39, 0.29) is 6.03 Å². The minimum Gasteiger partial charge on any atom is -0.338 e. The number of fused-ring (bicyclic) bond motifs is 1. The molecule has 1 heterocycles. The Morgan fingerprint density at radius 3 is 3.15 bits per heavy atom. The van der Waals surface area contributed by atoms with E-state index in [2.05, 4.69) is 27.8 Å². The summed E-state index contributed by atoms with van der Waals surface area (Å²) in [6.45, 7) is 3.05. The molecule has 2 amide bonds. The van der Waals surface area contributed by atoms with Gasteiger partial charge < -0.3 is 10.6 Å². The standard InChI is InChI=1S/C15H20N4O/c1-10-2-3-11(6-10)8-16-15(20)18-13-4-5-14-12(7-13)9-17-19-14/h4-5,7,9-11H,2-3,6,8H2,1H3,(H,17,19)(H2,16,18,20). The Morgan fingerprint density at radius 1 is 1.45 bits per heavy atom. The molecule has 0 radical (unpaired) electrons. The van der Waals surface area contributed by atoms with Crippen molar-refractivity contribution in [2.75, 3.05) is 11.9 Å². The van der Waals surface area contributed by atoms with Crippen molar-refractivity contribution in [3.63, 3.8) is 0 Å². The van der Waals surface area contributed by atoms with Gasteiger partial charge >= 0.3 is 6.03 Å². The largest absolute Gasteiger partial charge is 0.338 e. The molecule has 0 aliphatic heterocycles. The summed E-state index contributed by atoms with van der Waals surface area (Å²) in [5.41, 5.74) is 1.76. The molecule has 1 fully saturated rings. The van der Waals surface area contributed by atoms with Crippen molar-refractivity contribution in [3.05, 3.63) is 24.4 Å². The van der Waals surface area contributed by atoms with Crippen LogP contribution in [0.1, 0.15) is 26.2 Å². The highest BCUT2D eigenvalue weighted by Gasteiger charge is 2.21. The Balaban J connectivity index is 1.53. The fourth-order valence-corrected chi connectivity index (χ4v) is 2.94. The first-order valence-electron chi connectivity index (χ1n) is 7.18. The van der Waals surface area contributed by atoms with Gasteiger partial charge in [0.1, 0.15) is 0 Å². The van der Waals surface area contributed by atoms with Crippen LogP contribution >= 0.6 is 0 Å². The SMILES string of the molecule is CC1CCC(CNC(=O)Nc2ccc3[nH]ncc3c2)C1. The number of amides is 2. The average molecular weight is 272 g/mol. The Hall–Kier alpha value is -2.04. The number of hydrogen-bond donors (Lipinski definition) is 3. The third-order valence-electron chi connectivity index (χ3n) is 4.05. The van der Waals surface area contributed by atoms with Crippen LogP contribution in [0.2, 0.25) is 0 Å². The molecule has 3 N–H and O–H groups in total. The zero-order valence-corrected chi connectivity index (χ0v) is 11.6. The van der Waals surface area contributed by atoms with Gasteiger partial charge in [0, 0.05) is 17.6 Å². The topological polar surface area (TPSA) is 69.8 Å². The summed E-state index contributed by atoms with van der Waals surface area (Å²) in [4.78, 5) is 11.9. The van der Waals surface area contributed by atoms with Crippen LogP contribution in [0.3, 0.4) is 0 Å². The summed E-state index contributed by atoms with van der Waals surface area (Å²) in [6, 6.07) is 5.57. The first-order chi connectivity index (χ1) is 9.70. The second kappa shape index (κ2) is 5.53. The average Bonchev–Trinajstić information content (AvgIpc) is 3.04. The number of carbonyl (C=O) groups excluding carboxylic acids is 1. The van der Waals surface area contributed by atoms with E-state index in [0.29, 0.717) is 5.92 Å². The van der Waals surface area contributed by atoms with Gasteiger partial charge in [0.2, 0.25) is 0 Å². The van der Waals surface area contributed by atoms with Crippen LogP contribution in [0, 0.1) is 11.8 Å². The first kappa shape index (κ1) is 13.0. The van der Waals surface area contributed by atoms with Crippen LogP contribution < -0.4 is 10.6 Å². The van der Waals surface area contributed by atoms with E-state index < -0.39 is 0 Å². The lowest BCUT2D eigenvalue weighted by molar-refractivity contribution is 0.250. The van der Waals surface area contributed by atoms with Gasteiger partial charge in [-0.2, -0.15) is 5.10 Å². The summed E-state index contributed by atoms with van der Waals surface area (Å²) in [5, 5.41) is 13.7. The van der Waals surface area contributed by atoms with Crippen molar-refractivity contribution in [1.29, 1.82) is 0 Å². The number of benzene rings is 1. The smallest absolute Gasteiger partial charge is 0.319 e. The number of nitrogens with zero attached hydrogens (tertiary/aromatic N) is 1. The van der Waals surface area contributed by atoms with Crippen LogP contribution in [-0.4, -0.2) is 22.8 Å². The molecule has 1 saturated carbocycles. The van der Waals surface area contributed by atoms with Gasteiger partial charge in [-0.1, -0.05) is 13.3 Å². The lowest BCUT2D eigenvalue weighted by atomic mass is 10.1. The summed E-state index contributed by atoms with van der Waals surface area (Å²) < 4.78 is 0. The minimum atomic E-state index is -0.132. The van der Waals surface area contributed by atoms with E-state index >= 15 is 0 Å². The van der Waals surface area contributed by atoms with Crippen LogP contribution in [-0.2, 0) is 0 Å². The lowest BCUT2D eigenvalue weighted by Crippen LogP contribution is -2.32. The lowest BCUT2D eigenvalue weighted by Gasteiger charge is -2.12. The van der Waals surface area contributed by atoms with E-state index in [1.54, 1.807) is 6.20 Å².